The third-order valence-corrected chi connectivity index (χ3v) is 5.48. The Labute approximate surface area is 122 Å². The van der Waals surface area contributed by atoms with Gasteiger partial charge in [-0.2, -0.15) is 0 Å². The van der Waals surface area contributed by atoms with Gasteiger partial charge >= 0.3 is 5.97 Å². The topological polar surface area (TPSA) is 57.6 Å². The number of aliphatic carboxylic acids is 1. The molecule has 1 N–H and O–H groups in total. The highest BCUT2D eigenvalue weighted by Crippen LogP contribution is 2.34. The molecule has 0 saturated carbocycles. The van der Waals surface area contributed by atoms with Gasteiger partial charge in [-0.15, -0.1) is 11.3 Å². The number of likely N-dealkylation sites (tertiary alicyclic amines) is 1. The maximum absolute atomic E-state index is 12.6. The molecule has 1 saturated heterocycles. The van der Waals surface area contributed by atoms with E-state index in [9.17, 15) is 14.7 Å². The van der Waals surface area contributed by atoms with Gasteiger partial charge in [0.25, 0.3) is 5.91 Å². The van der Waals surface area contributed by atoms with Crippen molar-refractivity contribution in [3.05, 3.63) is 21.4 Å². The number of carboxylic acid groups (broad SMARTS) is 1. The molecule has 0 radical (unpaired) electrons. The van der Waals surface area contributed by atoms with E-state index in [1.807, 2.05) is 5.38 Å². The van der Waals surface area contributed by atoms with Crippen molar-refractivity contribution in [3.63, 3.8) is 0 Å². The van der Waals surface area contributed by atoms with Crippen LogP contribution in [0.5, 0.6) is 0 Å². The molecule has 0 spiro atoms. The van der Waals surface area contributed by atoms with Gasteiger partial charge in [0.1, 0.15) is 6.04 Å². The molecule has 2 atom stereocenters. The average Bonchev–Trinajstić information content (AvgIpc) is 3.03. The molecule has 1 unspecified atom stereocenters. The van der Waals surface area contributed by atoms with Crippen LogP contribution in [0.4, 0.5) is 0 Å². The van der Waals surface area contributed by atoms with E-state index in [0.29, 0.717) is 18.9 Å². The molecule has 1 aliphatic heterocycles. The first-order chi connectivity index (χ1) is 9.58. The minimum Gasteiger partial charge on any atom is -0.480 e. The van der Waals surface area contributed by atoms with E-state index in [4.69, 9.17) is 0 Å². The van der Waals surface area contributed by atoms with Crippen molar-refractivity contribution in [2.24, 2.45) is 5.92 Å². The van der Waals surface area contributed by atoms with Crippen molar-refractivity contribution >= 4 is 23.2 Å². The summed E-state index contributed by atoms with van der Waals surface area (Å²) >= 11 is 1.66. The van der Waals surface area contributed by atoms with Crippen LogP contribution < -0.4 is 0 Å². The molecule has 3 rings (SSSR count). The van der Waals surface area contributed by atoms with Crippen LogP contribution in [0.2, 0.25) is 0 Å². The molecule has 2 heterocycles. The molecule has 1 aromatic heterocycles. The largest absolute Gasteiger partial charge is 0.480 e. The Kier molecular flexibility index (Phi) is 3.54. The summed E-state index contributed by atoms with van der Waals surface area (Å²) in [5.41, 5.74) is 1.93. The predicted octanol–water partition coefficient (Wildman–Crippen LogP) is 2.56. The second-order valence-corrected chi connectivity index (χ2v) is 6.86. The van der Waals surface area contributed by atoms with Crippen LogP contribution in [-0.2, 0) is 17.6 Å². The van der Waals surface area contributed by atoms with Crippen molar-refractivity contribution in [1.29, 1.82) is 0 Å². The maximum atomic E-state index is 12.6. The van der Waals surface area contributed by atoms with Crippen LogP contribution in [0.15, 0.2) is 5.38 Å². The van der Waals surface area contributed by atoms with Crippen LogP contribution in [0, 0.1) is 5.92 Å². The fraction of sp³-hybridized carbons (Fsp3) is 0.600. The summed E-state index contributed by atoms with van der Waals surface area (Å²) < 4.78 is 0. The number of carbonyl (C=O) groups is 2. The monoisotopic (exact) mass is 293 g/mol. The lowest BCUT2D eigenvalue weighted by atomic mass is 9.88. The summed E-state index contributed by atoms with van der Waals surface area (Å²) in [6.07, 6.45) is 4.48. The number of rotatable bonds is 2. The molecule has 1 amide bonds. The van der Waals surface area contributed by atoms with Crippen molar-refractivity contribution in [2.45, 2.75) is 45.1 Å². The summed E-state index contributed by atoms with van der Waals surface area (Å²) in [6.45, 7) is 2.81. The highest BCUT2D eigenvalue weighted by molar-refractivity contribution is 7.10. The highest BCUT2D eigenvalue weighted by atomic mass is 32.1. The lowest BCUT2D eigenvalue weighted by molar-refractivity contribution is -0.141. The molecular formula is C15H19NO3S. The molecular weight excluding hydrogens is 274 g/mol. The first-order valence-corrected chi connectivity index (χ1v) is 8.09. The van der Waals surface area contributed by atoms with Gasteiger partial charge in [-0.3, -0.25) is 4.79 Å². The zero-order valence-corrected chi connectivity index (χ0v) is 12.4. The van der Waals surface area contributed by atoms with E-state index in [0.717, 1.165) is 31.2 Å². The molecule has 4 nitrogen and oxygen atoms in total. The summed E-state index contributed by atoms with van der Waals surface area (Å²) in [4.78, 5) is 26.7. The number of nitrogens with zero attached hydrogens (tertiary/aromatic N) is 1. The third-order valence-electron chi connectivity index (χ3n) is 4.43. The van der Waals surface area contributed by atoms with Gasteiger partial charge in [0.15, 0.2) is 0 Å². The number of thiophene rings is 1. The Bertz CT molecular complexity index is 551. The fourth-order valence-electron chi connectivity index (χ4n) is 3.28. The third kappa shape index (κ3) is 2.24. The SMILES string of the molecule is CC1CCc2c(C(=O)N3CCC[C@@H]3C(=O)O)csc2C1. The Morgan fingerprint density at radius 1 is 1.40 bits per heavy atom. The Hall–Kier alpha value is -1.36. The second-order valence-electron chi connectivity index (χ2n) is 5.89. The molecule has 20 heavy (non-hydrogen) atoms. The summed E-state index contributed by atoms with van der Waals surface area (Å²) in [5.74, 6) is -0.279. The van der Waals surface area contributed by atoms with Crippen LogP contribution >= 0.6 is 11.3 Å². The van der Waals surface area contributed by atoms with Crippen LogP contribution in [0.1, 0.15) is 47.0 Å². The number of fused-ring (bicyclic) bond motifs is 1. The molecule has 0 aromatic carbocycles. The first-order valence-electron chi connectivity index (χ1n) is 7.21. The van der Waals surface area contributed by atoms with E-state index >= 15 is 0 Å². The van der Waals surface area contributed by atoms with Gasteiger partial charge in [-0.1, -0.05) is 6.92 Å². The number of hydrogen-bond donors (Lipinski definition) is 1. The predicted molar refractivity (Wildman–Crippen MR) is 77.2 cm³/mol. The lowest BCUT2D eigenvalue weighted by Crippen LogP contribution is -2.40. The zero-order chi connectivity index (χ0) is 14.3. The second kappa shape index (κ2) is 5.20. The average molecular weight is 293 g/mol. The van der Waals surface area contributed by atoms with E-state index < -0.39 is 12.0 Å². The quantitative estimate of drug-likeness (QED) is 0.911. The van der Waals surface area contributed by atoms with Crippen molar-refractivity contribution in [2.75, 3.05) is 6.54 Å². The van der Waals surface area contributed by atoms with Gasteiger partial charge in [-0.25, -0.2) is 4.79 Å². The molecule has 1 aliphatic carbocycles. The Morgan fingerprint density at radius 3 is 2.95 bits per heavy atom. The molecule has 1 fully saturated rings. The van der Waals surface area contributed by atoms with Gasteiger partial charge < -0.3 is 10.0 Å². The minimum atomic E-state index is -0.881. The van der Waals surface area contributed by atoms with Gasteiger partial charge in [-0.05, 0) is 43.6 Å². The summed E-state index contributed by atoms with van der Waals surface area (Å²) in [5, 5.41) is 11.1. The van der Waals surface area contributed by atoms with E-state index in [2.05, 4.69) is 6.92 Å². The number of hydrogen-bond acceptors (Lipinski definition) is 3. The number of amides is 1. The van der Waals surface area contributed by atoms with Gasteiger partial charge in [0.05, 0.1) is 5.56 Å². The highest BCUT2D eigenvalue weighted by Gasteiger charge is 2.36. The Balaban J connectivity index is 1.86. The minimum absolute atomic E-state index is 0.0815. The number of carboxylic acids is 1. The molecule has 2 aliphatic rings. The summed E-state index contributed by atoms with van der Waals surface area (Å²) in [6, 6.07) is -0.638. The van der Waals surface area contributed by atoms with Gasteiger partial charge in [0, 0.05) is 16.8 Å². The van der Waals surface area contributed by atoms with Crippen LogP contribution in [0.3, 0.4) is 0 Å². The molecule has 1 aromatic rings. The zero-order valence-electron chi connectivity index (χ0n) is 11.6. The van der Waals surface area contributed by atoms with Crippen molar-refractivity contribution in [1.82, 2.24) is 4.90 Å². The summed E-state index contributed by atoms with van der Waals surface area (Å²) in [7, 11) is 0. The van der Waals surface area contributed by atoms with Gasteiger partial charge in [0.2, 0.25) is 0 Å². The maximum Gasteiger partial charge on any atom is 0.326 e. The smallest absolute Gasteiger partial charge is 0.326 e. The van der Waals surface area contributed by atoms with Crippen LogP contribution in [0.25, 0.3) is 0 Å². The van der Waals surface area contributed by atoms with E-state index in [1.165, 1.54) is 10.4 Å². The lowest BCUT2D eigenvalue weighted by Gasteiger charge is -2.23. The molecule has 108 valence electrons. The van der Waals surface area contributed by atoms with Crippen molar-refractivity contribution in [3.8, 4) is 0 Å². The fourth-order valence-corrected chi connectivity index (χ4v) is 4.52. The van der Waals surface area contributed by atoms with E-state index in [-0.39, 0.29) is 5.91 Å². The van der Waals surface area contributed by atoms with Crippen molar-refractivity contribution < 1.29 is 14.7 Å². The molecule has 0 bridgehead atoms. The Morgan fingerprint density at radius 2 is 2.20 bits per heavy atom. The van der Waals surface area contributed by atoms with Crippen LogP contribution in [-0.4, -0.2) is 34.5 Å². The van der Waals surface area contributed by atoms with E-state index in [1.54, 1.807) is 16.2 Å². The molecule has 5 heteroatoms. The normalized spacial score (nSPS) is 25.6. The first kappa shape index (κ1) is 13.6. The standard InChI is InChI=1S/C15H19NO3S/c1-9-4-5-10-11(8-20-13(10)7-9)14(17)16-6-2-3-12(16)15(18)19/h8-9,12H,2-7H2,1H3,(H,18,19)/t9?,12-/m1/s1. The number of carbonyl (C=O) groups excluding carboxylic acids is 1.